The van der Waals surface area contributed by atoms with E-state index in [0.717, 1.165) is 3.57 Å². The summed E-state index contributed by atoms with van der Waals surface area (Å²) in [7, 11) is -0.0357. The predicted octanol–water partition coefficient (Wildman–Crippen LogP) is 1.76. The number of sulfonamides is 1. The van der Waals surface area contributed by atoms with Crippen molar-refractivity contribution in [2.24, 2.45) is 10.1 Å². The van der Waals surface area contributed by atoms with Crippen molar-refractivity contribution < 1.29 is 8.42 Å². The number of primary sulfonamides is 1. The van der Waals surface area contributed by atoms with Crippen LogP contribution in [0.15, 0.2) is 22.0 Å². The molecule has 0 aromatic heterocycles. The molecule has 5 nitrogen and oxygen atoms in total. The normalized spacial score (nSPS) is 12.1. The zero-order chi connectivity index (χ0) is 13.2. The molecule has 0 heterocycles. The molecule has 17 heavy (non-hydrogen) atoms. The molecule has 0 bridgehead atoms. The smallest absolute Gasteiger partial charge is 0.239 e. The van der Waals surface area contributed by atoms with Gasteiger partial charge >= 0.3 is 0 Å². The monoisotopic (exact) mass is 479 g/mol. The number of hydrogen-bond donors (Lipinski definition) is 1. The van der Waals surface area contributed by atoms with Crippen molar-refractivity contribution in [3.8, 4) is 0 Å². The zero-order valence-electron chi connectivity index (χ0n) is 9.18. The minimum atomic E-state index is -3.71. The van der Waals surface area contributed by atoms with Crippen molar-refractivity contribution in [1.82, 2.24) is 4.90 Å². The highest BCUT2D eigenvalue weighted by molar-refractivity contribution is 14.1. The lowest BCUT2D eigenvalue weighted by Crippen LogP contribution is -2.14. The van der Waals surface area contributed by atoms with Crippen LogP contribution in [0.25, 0.3) is 0 Å². The van der Waals surface area contributed by atoms with Gasteiger partial charge in [0.25, 0.3) is 0 Å². The first-order valence-electron chi connectivity index (χ1n) is 4.44. The summed E-state index contributed by atoms with van der Waals surface area (Å²) in [6, 6.07) is 3.22. The molecule has 1 aromatic rings. The molecule has 94 valence electrons. The maximum absolute atomic E-state index is 11.4. The van der Waals surface area contributed by atoms with Gasteiger partial charge in [-0.15, -0.1) is 0 Å². The molecule has 0 aliphatic heterocycles. The summed E-state index contributed by atoms with van der Waals surface area (Å²) in [4.78, 5) is 6.06. The Morgan fingerprint density at radius 3 is 2.35 bits per heavy atom. The van der Waals surface area contributed by atoms with Crippen molar-refractivity contribution in [3.63, 3.8) is 0 Å². The van der Waals surface area contributed by atoms with Crippen molar-refractivity contribution in [1.29, 1.82) is 0 Å². The van der Waals surface area contributed by atoms with E-state index in [9.17, 15) is 8.42 Å². The van der Waals surface area contributed by atoms with Crippen molar-refractivity contribution in [3.05, 3.63) is 19.3 Å². The number of benzene rings is 1. The van der Waals surface area contributed by atoms with Gasteiger partial charge in [-0.25, -0.2) is 18.5 Å². The summed E-state index contributed by atoms with van der Waals surface area (Å²) >= 11 is 4.05. The largest absolute Gasteiger partial charge is 0.369 e. The Labute approximate surface area is 128 Å². The van der Waals surface area contributed by atoms with Gasteiger partial charge in [0, 0.05) is 21.2 Å². The van der Waals surface area contributed by atoms with Gasteiger partial charge in [0.1, 0.15) is 0 Å². The highest BCUT2D eigenvalue weighted by atomic mass is 127. The lowest BCUT2D eigenvalue weighted by molar-refractivity contribution is 0.597. The van der Waals surface area contributed by atoms with Crippen LogP contribution in [0.4, 0.5) is 5.69 Å². The number of rotatable bonds is 3. The van der Waals surface area contributed by atoms with Crippen molar-refractivity contribution >= 4 is 67.2 Å². The predicted molar refractivity (Wildman–Crippen MR) is 85.1 cm³/mol. The van der Waals surface area contributed by atoms with Gasteiger partial charge in [-0.2, -0.15) is 0 Å². The van der Waals surface area contributed by atoms with E-state index in [0.29, 0.717) is 9.26 Å². The third-order valence-corrected chi connectivity index (χ3v) is 4.81. The Morgan fingerprint density at radius 1 is 1.29 bits per heavy atom. The summed E-state index contributed by atoms with van der Waals surface area (Å²) in [5, 5.41) is 5.14. The number of nitrogens with zero attached hydrogens (tertiary/aromatic N) is 2. The number of aliphatic imine (C=N–C) groups is 1. The van der Waals surface area contributed by atoms with Crippen LogP contribution in [0, 0.1) is 7.14 Å². The van der Waals surface area contributed by atoms with E-state index >= 15 is 0 Å². The summed E-state index contributed by atoms with van der Waals surface area (Å²) in [5.74, 6) is 0. The third-order valence-electron chi connectivity index (χ3n) is 1.74. The van der Waals surface area contributed by atoms with Gasteiger partial charge in [-0.05, 0) is 57.3 Å². The molecule has 0 saturated heterocycles. The van der Waals surface area contributed by atoms with E-state index < -0.39 is 10.0 Å². The lowest BCUT2D eigenvalue weighted by Gasteiger charge is -2.07. The molecule has 0 radical (unpaired) electrons. The first-order valence-corrected chi connectivity index (χ1v) is 8.14. The molecule has 0 amide bonds. The summed E-state index contributed by atoms with van der Waals surface area (Å²) < 4.78 is 24.2. The maximum Gasteiger partial charge on any atom is 0.239 e. The third kappa shape index (κ3) is 4.34. The SMILES string of the molecule is CN(C)C=Nc1cc(S(N)(=O)=O)c(I)cc1I. The average Bonchev–Trinajstić information content (AvgIpc) is 2.13. The van der Waals surface area contributed by atoms with E-state index in [-0.39, 0.29) is 4.90 Å². The minimum absolute atomic E-state index is 0.101. The fourth-order valence-electron chi connectivity index (χ4n) is 1.01. The minimum Gasteiger partial charge on any atom is -0.369 e. The van der Waals surface area contributed by atoms with Gasteiger partial charge in [0.2, 0.25) is 10.0 Å². The topological polar surface area (TPSA) is 75.8 Å². The van der Waals surface area contributed by atoms with Gasteiger partial charge in [0.15, 0.2) is 0 Å². The molecule has 0 spiro atoms. The quantitative estimate of drug-likeness (QED) is 0.408. The average molecular weight is 479 g/mol. The lowest BCUT2D eigenvalue weighted by atomic mass is 10.3. The number of halogens is 2. The van der Waals surface area contributed by atoms with Crippen LogP contribution in [-0.4, -0.2) is 33.8 Å². The van der Waals surface area contributed by atoms with Crippen molar-refractivity contribution in [2.75, 3.05) is 14.1 Å². The van der Waals surface area contributed by atoms with Crippen LogP contribution in [-0.2, 0) is 10.0 Å². The van der Waals surface area contributed by atoms with E-state index in [2.05, 4.69) is 27.6 Å². The molecule has 2 N–H and O–H groups in total. The van der Waals surface area contributed by atoms with Crippen LogP contribution in [0.1, 0.15) is 0 Å². The van der Waals surface area contributed by atoms with Crippen molar-refractivity contribution in [2.45, 2.75) is 4.90 Å². The zero-order valence-corrected chi connectivity index (χ0v) is 14.3. The molecule has 0 fully saturated rings. The summed E-state index contributed by atoms with van der Waals surface area (Å²) in [5.41, 5.74) is 0.587. The van der Waals surface area contributed by atoms with Crippen LogP contribution >= 0.6 is 45.2 Å². The summed E-state index contributed by atoms with van der Waals surface area (Å²) in [6.45, 7) is 0. The molecular formula is C9H11I2N3O2S. The molecule has 1 rings (SSSR count). The Balaban J connectivity index is 3.35. The van der Waals surface area contributed by atoms with E-state index in [1.165, 1.54) is 6.07 Å². The van der Waals surface area contributed by atoms with Crippen LogP contribution in [0.2, 0.25) is 0 Å². The van der Waals surface area contributed by atoms with Gasteiger partial charge in [-0.3, -0.25) is 0 Å². The van der Waals surface area contributed by atoms with Gasteiger partial charge in [-0.1, -0.05) is 0 Å². The Kier molecular flexibility index (Phi) is 5.16. The van der Waals surface area contributed by atoms with E-state index in [1.807, 2.05) is 36.7 Å². The second-order valence-electron chi connectivity index (χ2n) is 3.49. The highest BCUT2D eigenvalue weighted by Crippen LogP contribution is 2.28. The molecule has 0 aliphatic carbocycles. The molecule has 8 heteroatoms. The second-order valence-corrected chi connectivity index (χ2v) is 7.34. The fraction of sp³-hybridized carbons (Fsp3) is 0.222. The Hall–Kier alpha value is 0.0600. The molecule has 0 aliphatic rings. The van der Waals surface area contributed by atoms with Gasteiger partial charge < -0.3 is 4.90 Å². The number of nitrogens with two attached hydrogens (primary N) is 1. The number of hydrogen-bond acceptors (Lipinski definition) is 3. The fourth-order valence-corrected chi connectivity index (χ4v) is 4.21. The molecular weight excluding hydrogens is 468 g/mol. The molecule has 0 unspecified atom stereocenters. The van der Waals surface area contributed by atoms with Crippen LogP contribution in [0.5, 0.6) is 0 Å². The second kappa shape index (κ2) is 5.80. The molecule has 1 aromatic carbocycles. The van der Waals surface area contributed by atoms with Gasteiger partial charge in [0.05, 0.1) is 16.9 Å². The van der Waals surface area contributed by atoms with Crippen LogP contribution in [0.3, 0.4) is 0 Å². The summed E-state index contributed by atoms with van der Waals surface area (Å²) in [6.07, 6.45) is 1.61. The first kappa shape index (κ1) is 15.1. The maximum atomic E-state index is 11.4. The highest BCUT2D eigenvalue weighted by Gasteiger charge is 2.15. The molecule has 0 atom stereocenters. The first-order chi connectivity index (χ1) is 7.71. The van der Waals surface area contributed by atoms with E-state index in [4.69, 9.17) is 5.14 Å². The van der Waals surface area contributed by atoms with E-state index in [1.54, 1.807) is 17.3 Å². The van der Waals surface area contributed by atoms with Crippen LogP contribution < -0.4 is 5.14 Å². The Morgan fingerprint density at radius 2 is 1.88 bits per heavy atom. The Bertz CT molecular complexity index is 556. The molecule has 0 saturated carbocycles. The standard InChI is InChI=1S/C9H11I2N3O2S/c1-14(2)5-13-8-4-9(17(12,15)16)7(11)3-6(8)10/h3-5H,1-2H3,(H2,12,15,16).